The van der Waals surface area contributed by atoms with E-state index >= 15 is 0 Å². The number of amides is 1. The van der Waals surface area contributed by atoms with E-state index in [2.05, 4.69) is 31.2 Å². The predicted molar refractivity (Wildman–Crippen MR) is 89.6 cm³/mol. The zero-order chi connectivity index (χ0) is 15.4. The highest BCUT2D eigenvalue weighted by molar-refractivity contribution is 9.10. The van der Waals surface area contributed by atoms with Crippen LogP contribution in [-0.4, -0.2) is 15.9 Å². The van der Waals surface area contributed by atoms with Gasteiger partial charge < -0.3 is 5.32 Å². The summed E-state index contributed by atoms with van der Waals surface area (Å²) >= 11 is 3.26. The van der Waals surface area contributed by atoms with E-state index in [4.69, 9.17) is 0 Å². The van der Waals surface area contributed by atoms with Gasteiger partial charge in [-0.2, -0.15) is 0 Å². The number of benzene rings is 1. The molecule has 0 unspecified atom stereocenters. The second kappa shape index (κ2) is 6.49. The molecule has 22 heavy (non-hydrogen) atoms. The minimum atomic E-state index is -0.294. The second-order valence-electron chi connectivity index (χ2n) is 4.57. The Morgan fingerprint density at radius 3 is 2.55 bits per heavy atom. The molecule has 0 saturated heterocycles. The van der Waals surface area contributed by atoms with E-state index in [1.807, 2.05) is 42.5 Å². The van der Waals surface area contributed by atoms with Crippen LogP contribution in [-0.2, 0) is 0 Å². The standard InChI is InChI=1S/C17H12BrN3O/c18-15-10-4-9-14(20-15)17(22)21-16-13(8-5-11-19-16)12-6-2-1-3-7-12/h1-11H,(H,19,21,22). The number of anilines is 1. The summed E-state index contributed by atoms with van der Waals surface area (Å²) in [5.74, 6) is 0.220. The van der Waals surface area contributed by atoms with Crippen molar-refractivity contribution in [3.8, 4) is 11.1 Å². The second-order valence-corrected chi connectivity index (χ2v) is 5.38. The first kappa shape index (κ1) is 14.4. The van der Waals surface area contributed by atoms with Crippen molar-refractivity contribution < 1.29 is 4.79 Å². The molecule has 1 amide bonds. The number of nitrogens with one attached hydrogen (secondary N) is 1. The zero-order valence-corrected chi connectivity index (χ0v) is 13.1. The highest BCUT2D eigenvalue weighted by atomic mass is 79.9. The molecule has 0 atom stereocenters. The van der Waals surface area contributed by atoms with Gasteiger partial charge in [-0.25, -0.2) is 9.97 Å². The Kier molecular flexibility index (Phi) is 4.25. The molecule has 5 heteroatoms. The van der Waals surface area contributed by atoms with Crippen LogP contribution in [0.4, 0.5) is 5.82 Å². The Balaban J connectivity index is 1.92. The molecule has 4 nitrogen and oxygen atoms in total. The molecule has 0 aliphatic carbocycles. The van der Waals surface area contributed by atoms with Crippen molar-refractivity contribution in [3.63, 3.8) is 0 Å². The minimum absolute atomic E-state index is 0.294. The predicted octanol–water partition coefficient (Wildman–Crippen LogP) is 4.16. The molecular formula is C17H12BrN3O. The van der Waals surface area contributed by atoms with Gasteiger partial charge in [0.05, 0.1) is 0 Å². The first-order valence-electron chi connectivity index (χ1n) is 6.68. The van der Waals surface area contributed by atoms with E-state index in [1.165, 1.54) is 0 Å². The van der Waals surface area contributed by atoms with E-state index in [0.29, 0.717) is 16.1 Å². The van der Waals surface area contributed by atoms with E-state index in [-0.39, 0.29) is 5.91 Å². The molecule has 108 valence electrons. The summed E-state index contributed by atoms with van der Waals surface area (Å²) in [6, 6.07) is 18.8. The number of rotatable bonds is 3. The lowest BCUT2D eigenvalue weighted by molar-refractivity contribution is 0.102. The third-order valence-corrected chi connectivity index (χ3v) is 3.51. The van der Waals surface area contributed by atoms with Crippen molar-refractivity contribution in [1.29, 1.82) is 0 Å². The van der Waals surface area contributed by atoms with Crippen molar-refractivity contribution >= 4 is 27.7 Å². The summed E-state index contributed by atoms with van der Waals surface area (Å²) in [5.41, 5.74) is 2.19. The number of hydrogen-bond acceptors (Lipinski definition) is 3. The summed E-state index contributed by atoms with van der Waals surface area (Å²) in [6.45, 7) is 0. The Bertz CT molecular complexity index is 806. The van der Waals surface area contributed by atoms with Crippen LogP contribution < -0.4 is 5.32 Å². The molecule has 0 spiro atoms. The molecule has 2 aromatic heterocycles. The molecule has 0 aliphatic rings. The molecule has 1 aromatic carbocycles. The Hall–Kier alpha value is -2.53. The van der Waals surface area contributed by atoms with Gasteiger partial charge in [-0.3, -0.25) is 4.79 Å². The maximum absolute atomic E-state index is 12.3. The van der Waals surface area contributed by atoms with Crippen LogP contribution in [0.25, 0.3) is 11.1 Å². The van der Waals surface area contributed by atoms with Gasteiger partial charge >= 0.3 is 0 Å². The van der Waals surface area contributed by atoms with E-state index in [1.54, 1.807) is 24.4 Å². The summed E-state index contributed by atoms with van der Waals surface area (Å²) in [6.07, 6.45) is 1.65. The molecule has 0 saturated carbocycles. The summed E-state index contributed by atoms with van der Waals surface area (Å²) in [5, 5.41) is 2.82. The number of carbonyl (C=O) groups is 1. The van der Waals surface area contributed by atoms with Crippen LogP contribution in [0, 0.1) is 0 Å². The van der Waals surface area contributed by atoms with E-state index < -0.39 is 0 Å². The highest BCUT2D eigenvalue weighted by Crippen LogP contribution is 2.25. The number of aromatic nitrogens is 2. The lowest BCUT2D eigenvalue weighted by Crippen LogP contribution is -2.15. The topological polar surface area (TPSA) is 54.9 Å². The average Bonchev–Trinajstić information content (AvgIpc) is 2.56. The number of pyridine rings is 2. The Morgan fingerprint density at radius 2 is 1.77 bits per heavy atom. The van der Waals surface area contributed by atoms with Gasteiger partial charge in [-0.15, -0.1) is 0 Å². The van der Waals surface area contributed by atoms with Gasteiger partial charge in [0, 0.05) is 11.8 Å². The van der Waals surface area contributed by atoms with Gasteiger partial charge in [0.1, 0.15) is 16.1 Å². The highest BCUT2D eigenvalue weighted by Gasteiger charge is 2.12. The lowest BCUT2D eigenvalue weighted by Gasteiger charge is -2.09. The van der Waals surface area contributed by atoms with Crippen LogP contribution in [0.2, 0.25) is 0 Å². The van der Waals surface area contributed by atoms with Crippen molar-refractivity contribution in [2.75, 3.05) is 5.32 Å². The Labute approximate surface area is 136 Å². The zero-order valence-electron chi connectivity index (χ0n) is 11.5. The van der Waals surface area contributed by atoms with E-state index in [0.717, 1.165) is 11.1 Å². The first-order valence-corrected chi connectivity index (χ1v) is 7.48. The summed E-state index contributed by atoms with van der Waals surface area (Å²) in [4.78, 5) is 20.7. The molecule has 0 fully saturated rings. The van der Waals surface area contributed by atoms with Gasteiger partial charge in [0.15, 0.2) is 0 Å². The fraction of sp³-hybridized carbons (Fsp3) is 0. The van der Waals surface area contributed by atoms with Gasteiger partial charge in [0.25, 0.3) is 5.91 Å². The monoisotopic (exact) mass is 353 g/mol. The normalized spacial score (nSPS) is 10.2. The van der Waals surface area contributed by atoms with Crippen LogP contribution in [0.5, 0.6) is 0 Å². The van der Waals surface area contributed by atoms with Crippen molar-refractivity contribution in [2.45, 2.75) is 0 Å². The SMILES string of the molecule is O=C(Nc1ncccc1-c1ccccc1)c1cccc(Br)n1. The van der Waals surface area contributed by atoms with Crippen LogP contribution >= 0.6 is 15.9 Å². The summed E-state index contributed by atoms with van der Waals surface area (Å²) in [7, 11) is 0. The molecule has 1 N–H and O–H groups in total. The Morgan fingerprint density at radius 1 is 0.955 bits per heavy atom. The lowest BCUT2D eigenvalue weighted by atomic mass is 10.1. The third kappa shape index (κ3) is 3.20. The number of hydrogen-bond donors (Lipinski definition) is 1. The molecular weight excluding hydrogens is 342 g/mol. The largest absolute Gasteiger partial charge is 0.305 e. The van der Waals surface area contributed by atoms with Gasteiger partial charge in [-0.1, -0.05) is 36.4 Å². The van der Waals surface area contributed by atoms with Crippen molar-refractivity contribution in [1.82, 2.24) is 9.97 Å². The summed E-state index contributed by atoms with van der Waals surface area (Å²) < 4.78 is 0.615. The molecule has 0 aliphatic heterocycles. The third-order valence-electron chi connectivity index (χ3n) is 3.07. The van der Waals surface area contributed by atoms with Crippen LogP contribution in [0.1, 0.15) is 10.5 Å². The fourth-order valence-electron chi connectivity index (χ4n) is 2.06. The minimum Gasteiger partial charge on any atom is -0.305 e. The molecule has 3 aromatic rings. The number of carbonyl (C=O) groups excluding carboxylic acids is 1. The first-order chi connectivity index (χ1) is 10.7. The van der Waals surface area contributed by atoms with Crippen LogP contribution in [0.15, 0.2) is 71.5 Å². The molecule has 0 bridgehead atoms. The molecule has 2 heterocycles. The van der Waals surface area contributed by atoms with E-state index in [9.17, 15) is 4.79 Å². The smallest absolute Gasteiger partial charge is 0.275 e. The maximum atomic E-state index is 12.3. The maximum Gasteiger partial charge on any atom is 0.275 e. The van der Waals surface area contributed by atoms with Gasteiger partial charge in [-0.05, 0) is 45.8 Å². The average molecular weight is 354 g/mol. The van der Waals surface area contributed by atoms with Gasteiger partial charge in [0.2, 0.25) is 0 Å². The number of halogens is 1. The van der Waals surface area contributed by atoms with Crippen molar-refractivity contribution in [3.05, 3.63) is 77.2 Å². The molecule has 3 rings (SSSR count). The number of nitrogens with zero attached hydrogens (tertiary/aromatic N) is 2. The molecule has 0 radical (unpaired) electrons. The fourth-order valence-corrected chi connectivity index (χ4v) is 2.41. The van der Waals surface area contributed by atoms with Crippen molar-refractivity contribution in [2.24, 2.45) is 0 Å². The van der Waals surface area contributed by atoms with Crippen LogP contribution in [0.3, 0.4) is 0 Å². The quantitative estimate of drug-likeness (QED) is 0.719.